The maximum atomic E-state index is 11.6. The van der Waals surface area contributed by atoms with E-state index in [1.165, 1.54) is 4.70 Å². The molecule has 5 nitrogen and oxygen atoms in total. The second-order valence-corrected chi connectivity index (χ2v) is 6.54. The van der Waals surface area contributed by atoms with Crippen molar-refractivity contribution in [2.75, 3.05) is 0 Å². The molecule has 1 unspecified atom stereocenters. The van der Waals surface area contributed by atoms with Gasteiger partial charge in [-0.05, 0) is 41.8 Å². The van der Waals surface area contributed by atoms with Gasteiger partial charge in [-0.1, -0.05) is 18.2 Å². The smallest absolute Gasteiger partial charge is 0.321 e. The number of rotatable bonds is 6. The maximum absolute atomic E-state index is 11.6. The molecule has 1 atom stereocenters. The summed E-state index contributed by atoms with van der Waals surface area (Å²) in [6.45, 7) is 2.42. The molecular weight excluding hydrogens is 310 g/mol. The number of carboxylic acid groups (broad SMARTS) is 1. The average Bonchev–Trinajstić information content (AvgIpc) is 3.07. The summed E-state index contributed by atoms with van der Waals surface area (Å²) in [6.07, 6.45) is 0.463. The molecule has 0 spiro atoms. The molecular formula is C17H19N3O2S. The highest BCUT2D eigenvalue weighted by atomic mass is 32.1. The third-order valence-electron chi connectivity index (χ3n) is 3.98. The van der Waals surface area contributed by atoms with Crippen LogP contribution in [0.4, 0.5) is 0 Å². The Balaban J connectivity index is 1.73. The zero-order valence-electron chi connectivity index (χ0n) is 13.1. The first kappa shape index (κ1) is 15.7. The first-order chi connectivity index (χ1) is 11.0. The molecule has 6 heteroatoms. The van der Waals surface area contributed by atoms with Crippen LogP contribution in [0.1, 0.15) is 17.0 Å². The summed E-state index contributed by atoms with van der Waals surface area (Å²) in [5.74, 6) is -0.840. The third kappa shape index (κ3) is 3.43. The van der Waals surface area contributed by atoms with Gasteiger partial charge in [0.05, 0.1) is 5.69 Å². The number of fused-ring (bicyclic) bond motifs is 1. The first-order valence-corrected chi connectivity index (χ1v) is 8.33. The largest absolute Gasteiger partial charge is 0.480 e. The highest BCUT2D eigenvalue weighted by Crippen LogP contribution is 2.26. The molecule has 0 amide bonds. The zero-order chi connectivity index (χ0) is 16.4. The molecule has 0 saturated carbocycles. The summed E-state index contributed by atoms with van der Waals surface area (Å²) in [5.41, 5.74) is 2.98. The van der Waals surface area contributed by atoms with Crippen LogP contribution in [-0.2, 0) is 24.8 Å². The van der Waals surface area contributed by atoms with Gasteiger partial charge in [0.2, 0.25) is 0 Å². The second-order valence-electron chi connectivity index (χ2n) is 5.63. The van der Waals surface area contributed by atoms with Gasteiger partial charge in [-0.3, -0.25) is 14.8 Å². The van der Waals surface area contributed by atoms with Crippen molar-refractivity contribution in [1.82, 2.24) is 15.1 Å². The van der Waals surface area contributed by atoms with Crippen molar-refractivity contribution in [2.24, 2.45) is 7.05 Å². The molecule has 0 saturated heterocycles. The Morgan fingerprint density at radius 2 is 2.22 bits per heavy atom. The van der Waals surface area contributed by atoms with Crippen LogP contribution >= 0.6 is 11.3 Å². The number of carbonyl (C=O) groups is 1. The molecule has 2 aromatic heterocycles. The molecule has 1 aromatic carbocycles. The molecule has 120 valence electrons. The Kier molecular flexibility index (Phi) is 4.45. The van der Waals surface area contributed by atoms with E-state index in [-0.39, 0.29) is 0 Å². The number of benzene rings is 1. The Hall–Kier alpha value is -2.18. The standard InChI is InChI=1S/C17H19N3O2S/c1-11-7-13(19-20(11)2)9-18-15(17(21)22)8-12-10-23-16-6-4-3-5-14(12)16/h3-7,10,15,18H,8-9H2,1-2H3,(H,21,22). The van der Waals surface area contributed by atoms with Crippen LogP contribution in [0.5, 0.6) is 0 Å². The topological polar surface area (TPSA) is 67.2 Å². The molecule has 2 heterocycles. The SMILES string of the molecule is Cc1cc(CNC(Cc2csc3ccccc23)C(=O)O)nn1C. The number of aromatic nitrogens is 2. The van der Waals surface area contributed by atoms with Crippen LogP contribution in [-0.4, -0.2) is 26.9 Å². The van der Waals surface area contributed by atoms with Crippen LogP contribution in [0, 0.1) is 6.92 Å². The van der Waals surface area contributed by atoms with Crippen LogP contribution < -0.4 is 5.32 Å². The number of hydrogen-bond donors (Lipinski definition) is 2. The van der Waals surface area contributed by atoms with Gasteiger partial charge in [-0.15, -0.1) is 11.3 Å². The second kappa shape index (κ2) is 6.52. The van der Waals surface area contributed by atoms with Gasteiger partial charge < -0.3 is 5.11 Å². The Labute approximate surface area is 138 Å². The minimum absolute atomic E-state index is 0.445. The number of hydrogen-bond acceptors (Lipinski definition) is 4. The van der Waals surface area contributed by atoms with Crippen molar-refractivity contribution < 1.29 is 9.90 Å². The molecule has 0 bridgehead atoms. The van der Waals surface area contributed by atoms with E-state index in [0.717, 1.165) is 22.3 Å². The summed E-state index contributed by atoms with van der Waals surface area (Å²) in [4.78, 5) is 11.6. The summed E-state index contributed by atoms with van der Waals surface area (Å²) in [6, 6.07) is 9.42. The minimum atomic E-state index is -0.840. The van der Waals surface area contributed by atoms with E-state index in [2.05, 4.69) is 16.5 Å². The predicted octanol–water partition coefficient (Wildman–Crippen LogP) is 2.73. The molecule has 0 fully saturated rings. The van der Waals surface area contributed by atoms with Crippen molar-refractivity contribution in [3.63, 3.8) is 0 Å². The Bertz CT molecular complexity index is 818. The van der Waals surface area contributed by atoms with E-state index in [0.29, 0.717) is 13.0 Å². The lowest BCUT2D eigenvalue weighted by Crippen LogP contribution is -2.38. The van der Waals surface area contributed by atoms with Crippen molar-refractivity contribution >= 4 is 27.4 Å². The normalized spacial score (nSPS) is 12.6. The first-order valence-electron chi connectivity index (χ1n) is 7.45. The lowest BCUT2D eigenvalue weighted by atomic mass is 10.0. The Morgan fingerprint density at radius 1 is 1.43 bits per heavy atom. The van der Waals surface area contributed by atoms with Crippen molar-refractivity contribution in [3.05, 3.63) is 52.7 Å². The van der Waals surface area contributed by atoms with Gasteiger partial charge in [0.25, 0.3) is 0 Å². The fraction of sp³-hybridized carbons (Fsp3) is 0.294. The van der Waals surface area contributed by atoms with Crippen molar-refractivity contribution in [3.8, 4) is 0 Å². The van der Waals surface area contributed by atoms with E-state index < -0.39 is 12.0 Å². The number of carboxylic acids is 1. The van der Waals surface area contributed by atoms with Gasteiger partial charge in [-0.2, -0.15) is 5.10 Å². The number of aryl methyl sites for hydroxylation is 2. The van der Waals surface area contributed by atoms with E-state index in [1.807, 2.05) is 43.6 Å². The van der Waals surface area contributed by atoms with Crippen LogP contribution in [0.2, 0.25) is 0 Å². The minimum Gasteiger partial charge on any atom is -0.480 e. The molecule has 0 radical (unpaired) electrons. The highest BCUT2D eigenvalue weighted by Gasteiger charge is 2.19. The van der Waals surface area contributed by atoms with E-state index in [4.69, 9.17) is 0 Å². The fourth-order valence-electron chi connectivity index (χ4n) is 2.61. The molecule has 3 rings (SSSR count). The maximum Gasteiger partial charge on any atom is 0.321 e. The predicted molar refractivity (Wildman–Crippen MR) is 91.7 cm³/mol. The van der Waals surface area contributed by atoms with Gasteiger partial charge in [0, 0.05) is 24.0 Å². The molecule has 2 N–H and O–H groups in total. The van der Waals surface area contributed by atoms with Crippen LogP contribution in [0.3, 0.4) is 0 Å². The third-order valence-corrected chi connectivity index (χ3v) is 4.99. The van der Waals surface area contributed by atoms with Crippen LogP contribution in [0.15, 0.2) is 35.7 Å². The fourth-order valence-corrected chi connectivity index (χ4v) is 3.58. The quantitative estimate of drug-likeness (QED) is 0.730. The van der Waals surface area contributed by atoms with Crippen LogP contribution in [0.25, 0.3) is 10.1 Å². The van der Waals surface area contributed by atoms with Gasteiger partial charge >= 0.3 is 5.97 Å². The monoisotopic (exact) mass is 329 g/mol. The molecule has 23 heavy (non-hydrogen) atoms. The highest BCUT2D eigenvalue weighted by molar-refractivity contribution is 7.17. The Morgan fingerprint density at radius 3 is 2.91 bits per heavy atom. The number of nitrogens with zero attached hydrogens (tertiary/aromatic N) is 2. The summed E-state index contributed by atoms with van der Waals surface area (Å²) >= 11 is 1.65. The summed E-state index contributed by atoms with van der Waals surface area (Å²) in [7, 11) is 1.88. The van der Waals surface area contributed by atoms with Gasteiger partial charge in [0.15, 0.2) is 0 Å². The molecule has 0 aliphatic carbocycles. The molecule has 0 aliphatic rings. The van der Waals surface area contributed by atoms with Crippen molar-refractivity contribution in [1.29, 1.82) is 0 Å². The van der Waals surface area contributed by atoms with Crippen molar-refractivity contribution in [2.45, 2.75) is 25.9 Å². The van der Waals surface area contributed by atoms with Gasteiger partial charge in [0.1, 0.15) is 6.04 Å². The summed E-state index contributed by atoms with van der Waals surface area (Å²) < 4.78 is 2.98. The summed E-state index contributed by atoms with van der Waals surface area (Å²) in [5, 5.41) is 20.1. The average molecular weight is 329 g/mol. The van der Waals surface area contributed by atoms with E-state index in [1.54, 1.807) is 16.0 Å². The number of thiophene rings is 1. The lowest BCUT2D eigenvalue weighted by molar-refractivity contribution is -0.139. The molecule has 0 aliphatic heterocycles. The molecule has 3 aromatic rings. The van der Waals surface area contributed by atoms with Gasteiger partial charge in [-0.25, -0.2) is 0 Å². The van der Waals surface area contributed by atoms with E-state index >= 15 is 0 Å². The zero-order valence-corrected chi connectivity index (χ0v) is 13.9. The number of aliphatic carboxylic acids is 1. The number of nitrogens with one attached hydrogen (secondary N) is 1. The lowest BCUT2D eigenvalue weighted by Gasteiger charge is -2.13. The van der Waals surface area contributed by atoms with E-state index in [9.17, 15) is 9.90 Å².